The van der Waals surface area contributed by atoms with Crippen LogP contribution >= 0.6 is 0 Å². The molecule has 2 heterocycles. The molecule has 1 aliphatic carbocycles. The van der Waals surface area contributed by atoms with Crippen LogP contribution in [-0.4, -0.2) is 29.1 Å². The summed E-state index contributed by atoms with van der Waals surface area (Å²) in [7, 11) is 0. The average Bonchev–Trinajstić information content (AvgIpc) is 2.74. The van der Waals surface area contributed by atoms with Crippen LogP contribution in [0.3, 0.4) is 0 Å². The van der Waals surface area contributed by atoms with Gasteiger partial charge in [-0.3, -0.25) is 4.90 Å². The lowest BCUT2D eigenvalue weighted by Crippen LogP contribution is -2.30. The number of hydrogen-bond donors (Lipinski definition) is 1. The minimum Gasteiger partial charge on any atom is -0.508 e. The smallest absolute Gasteiger partial charge is 0.118 e. The van der Waals surface area contributed by atoms with E-state index in [1.165, 1.54) is 19.4 Å². The van der Waals surface area contributed by atoms with Crippen molar-refractivity contribution in [1.82, 2.24) is 4.90 Å². The van der Waals surface area contributed by atoms with Gasteiger partial charge < -0.3 is 5.11 Å². The van der Waals surface area contributed by atoms with E-state index in [1.807, 2.05) is 18.2 Å². The van der Waals surface area contributed by atoms with Crippen molar-refractivity contribution in [3.05, 3.63) is 29.8 Å². The number of aromatic hydroxyl groups is 1. The molecule has 1 aromatic rings. The second kappa shape index (κ2) is 3.53. The molecule has 80 valence electrons. The highest BCUT2D eigenvalue weighted by molar-refractivity contribution is 5.31. The van der Waals surface area contributed by atoms with Crippen molar-refractivity contribution >= 4 is 0 Å². The summed E-state index contributed by atoms with van der Waals surface area (Å²) in [6, 6.07) is 8.54. The Morgan fingerprint density at radius 1 is 1.27 bits per heavy atom. The summed E-state index contributed by atoms with van der Waals surface area (Å²) in [6.07, 6.45) is 3.82. The van der Waals surface area contributed by atoms with Gasteiger partial charge in [-0.2, -0.15) is 0 Å². The van der Waals surface area contributed by atoms with Crippen LogP contribution in [0.15, 0.2) is 24.3 Å². The van der Waals surface area contributed by atoms with Gasteiger partial charge in [0.25, 0.3) is 0 Å². The van der Waals surface area contributed by atoms with Gasteiger partial charge in [-0.05, 0) is 36.8 Å². The fourth-order valence-electron chi connectivity index (χ4n) is 2.89. The third-order valence-corrected chi connectivity index (χ3v) is 3.88. The summed E-state index contributed by atoms with van der Waals surface area (Å²) in [5.74, 6) is 1.43. The van der Waals surface area contributed by atoms with Crippen molar-refractivity contribution in [3.63, 3.8) is 0 Å². The lowest BCUT2D eigenvalue weighted by Gasteiger charge is -2.25. The third kappa shape index (κ3) is 1.63. The maximum atomic E-state index is 9.64. The third-order valence-electron chi connectivity index (χ3n) is 3.88. The fraction of sp³-hybridized carbons (Fsp3) is 0.538. The van der Waals surface area contributed by atoms with E-state index in [9.17, 15) is 5.11 Å². The Morgan fingerprint density at radius 2 is 2.07 bits per heavy atom. The average molecular weight is 203 g/mol. The van der Waals surface area contributed by atoms with Gasteiger partial charge in [-0.1, -0.05) is 18.2 Å². The largest absolute Gasteiger partial charge is 0.508 e. The van der Waals surface area contributed by atoms with Gasteiger partial charge >= 0.3 is 0 Å². The molecule has 1 N–H and O–H groups in total. The molecular weight excluding hydrogens is 186 g/mol. The highest BCUT2D eigenvalue weighted by Gasteiger charge is 2.41. The first-order chi connectivity index (χ1) is 7.33. The second-order valence-corrected chi connectivity index (χ2v) is 4.86. The van der Waals surface area contributed by atoms with E-state index in [4.69, 9.17) is 0 Å². The normalized spacial score (nSPS) is 29.1. The summed E-state index contributed by atoms with van der Waals surface area (Å²) in [6.45, 7) is 2.40. The standard InChI is InChI=1S/C13H17NO/c15-13-4-2-1-3-11(13)5-6-14-9-10-7-12(14)8-10/h1-4,10,12,15H,5-9H2. The number of hydrogen-bond acceptors (Lipinski definition) is 2. The second-order valence-electron chi connectivity index (χ2n) is 4.86. The molecule has 3 fully saturated rings. The van der Waals surface area contributed by atoms with Crippen molar-refractivity contribution < 1.29 is 5.11 Å². The zero-order chi connectivity index (χ0) is 10.3. The number of phenols is 1. The maximum Gasteiger partial charge on any atom is 0.118 e. The number of fused-ring (bicyclic) bond motifs is 1. The molecule has 3 aliphatic rings. The molecule has 0 aromatic heterocycles. The molecule has 1 saturated carbocycles. The fourth-order valence-corrected chi connectivity index (χ4v) is 2.89. The van der Waals surface area contributed by atoms with Gasteiger partial charge in [0.1, 0.15) is 5.75 Å². The maximum absolute atomic E-state index is 9.64. The Balaban J connectivity index is 1.60. The molecule has 0 spiro atoms. The van der Waals surface area contributed by atoms with E-state index in [1.54, 1.807) is 6.07 Å². The van der Waals surface area contributed by atoms with Crippen LogP contribution in [0.1, 0.15) is 18.4 Å². The Kier molecular flexibility index (Phi) is 2.17. The highest BCUT2D eigenvalue weighted by Crippen LogP contribution is 2.40. The van der Waals surface area contributed by atoms with Crippen molar-refractivity contribution in [1.29, 1.82) is 0 Å². The van der Waals surface area contributed by atoms with Gasteiger partial charge in [0, 0.05) is 19.1 Å². The molecule has 2 aliphatic heterocycles. The lowest BCUT2D eigenvalue weighted by molar-refractivity contribution is 0.248. The first-order valence-corrected chi connectivity index (χ1v) is 5.84. The van der Waals surface area contributed by atoms with Crippen molar-refractivity contribution in [2.45, 2.75) is 25.3 Å². The number of phenolic OH excluding ortho intramolecular Hbond substituents is 1. The van der Waals surface area contributed by atoms with E-state index >= 15 is 0 Å². The van der Waals surface area contributed by atoms with Gasteiger partial charge in [0.2, 0.25) is 0 Å². The van der Waals surface area contributed by atoms with Crippen LogP contribution in [0.4, 0.5) is 0 Å². The van der Waals surface area contributed by atoms with Crippen molar-refractivity contribution in [2.24, 2.45) is 5.92 Å². The SMILES string of the molecule is Oc1ccccc1CCN1CC2CC1C2. The number of para-hydroxylation sites is 1. The van der Waals surface area contributed by atoms with E-state index < -0.39 is 0 Å². The Hall–Kier alpha value is -1.02. The first-order valence-electron chi connectivity index (χ1n) is 5.84. The molecule has 1 aromatic carbocycles. The van der Waals surface area contributed by atoms with Gasteiger partial charge in [-0.15, -0.1) is 0 Å². The van der Waals surface area contributed by atoms with Crippen LogP contribution in [0.25, 0.3) is 0 Å². The van der Waals surface area contributed by atoms with Crippen molar-refractivity contribution in [2.75, 3.05) is 13.1 Å². The zero-order valence-corrected chi connectivity index (χ0v) is 8.89. The summed E-state index contributed by atoms with van der Waals surface area (Å²) in [5.41, 5.74) is 1.08. The molecule has 0 amide bonds. The van der Waals surface area contributed by atoms with Gasteiger partial charge in [-0.25, -0.2) is 0 Å². The molecule has 2 bridgehead atoms. The van der Waals surface area contributed by atoms with E-state index in [2.05, 4.69) is 4.90 Å². The van der Waals surface area contributed by atoms with Gasteiger partial charge in [0.05, 0.1) is 0 Å². The van der Waals surface area contributed by atoms with Gasteiger partial charge in [0.15, 0.2) is 0 Å². The first kappa shape index (κ1) is 9.22. The molecule has 0 unspecified atom stereocenters. The summed E-state index contributed by atoms with van der Waals surface area (Å²) < 4.78 is 0. The molecule has 15 heavy (non-hydrogen) atoms. The minimum atomic E-state index is 0.448. The predicted molar refractivity (Wildman–Crippen MR) is 59.9 cm³/mol. The summed E-state index contributed by atoms with van der Waals surface area (Å²) in [5, 5.41) is 9.64. The lowest BCUT2D eigenvalue weighted by atomic mass is 9.86. The summed E-state index contributed by atoms with van der Waals surface area (Å²) >= 11 is 0. The molecule has 0 radical (unpaired) electrons. The molecule has 2 heteroatoms. The Bertz CT molecular complexity index is 357. The molecule has 2 saturated heterocycles. The number of nitrogens with zero attached hydrogens (tertiary/aromatic N) is 1. The van der Waals surface area contributed by atoms with Crippen LogP contribution in [0.2, 0.25) is 0 Å². The Morgan fingerprint density at radius 3 is 2.73 bits per heavy atom. The number of benzene rings is 1. The monoisotopic (exact) mass is 203 g/mol. The topological polar surface area (TPSA) is 23.5 Å². The molecular formula is C13H17NO. The molecule has 2 nitrogen and oxygen atoms in total. The van der Waals surface area contributed by atoms with Crippen LogP contribution in [-0.2, 0) is 6.42 Å². The number of rotatable bonds is 3. The Labute approximate surface area is 90.5 Å². The van der Waals surface area contributed by atoms with Crippen molar-refractivity contribution in [3.8, 4) is 5.75 Å². The highest BCUT2D eigenvalue weighted by atomic mass is 16.3. The predicted octanol–water partition coefficient (Wildman–Crippen LogP) is 2.03. The van der Waals surface area contributed by atoms with E-state index in [0.29, 0.717) is 5.75 Å². The molecule has 4 rings (SSSR count). The quantitative estimate of drug-likeness (QED) is 0.812. The van der Waals surface area contributed by atoms with Crippen LogP contribution < -0.4 is 0 Å². The molecule has 0 atom stereocenters. The van der Waals surface area contributed by atoms with Crippen LogP contribution in [0, 0.1) is 5.92 Å². The summed E-state index contributed by atoms with van der Waals surface area (Å²) in [4.78, 5) is 2.58. The minimum absolute atomic E-state index is 0.448. The van der Waals surface area contributed by atoms with E-state index in [0.717, 1.165) is 30.5 Å². The van der Waals surface area contributed by atoms with Crippen LogP contribution in [0.5, 0.6) is 5.75 Å². The van der Waals surface area contributed by atoms with E-state index in [-0.39, 0.29) is 0 Å². The zero-order valence-electron chi connectivity index (χ0n) is 8.89.